The molecule has 9 heteroatoms. The zero-order valence-electron chi connectivity index (χ0n) is 13.7. The highest BCUT2D eigenvalue weighted by Gasteiger charge is 2.37. The lowest BCUT2D eigenvalue weighted by Gasteiger charge is -2.18. The molecule has 1 amide bonds. The molecule has 0 aromatic heterocycles. The van der Waals surface area contributed by atoms with Crippen LogP contribution in [0.25, 0.3) is 5.57 Å². The standard InChI is InChI=1S/C17H16F3NO3S2/c1-9(2)13(10-4-3-5-11(8-10)17(18,19)20)14-15(24)21(16(25)26-14)7-6-12(22)23/h3-5,8,16,25H,1,6-7H2,2H3,(H,22,23)/b14-13-. The van der Waals surface area contributed by atoms with Crippen molar-refractivity contribution in [3.05, 3.63) is 52.4 Å². The summed E-state index contributed by atoms with van der Waals surface area (Å²) in [6, 6.07) is 4.67. The molecule has 4 nitrogen and oxygen atoms in total. The van der Waals surface area contributed by atoms with Crippen LogP contribution in [0, 0.1) is 0 Å². The van der Waals surface area contributed by atoms with Gasteiger partial charge in [-0.05, 0) is 30.2 Å². The van der Waals surface area contributed by atoms with Gasteiger partial charge in [0.25, 0.3) is 5.91 Å². The Morgan fingerprint density at radius 2 is 2.08 bits per heavy atom. The summed E-state index contributed by atoms with van der Waals surface area (Å²) >= 11 is 5.34. The van der Waals surface area contributed by atoms with Crippen molar-refractivity contribution in [3.8, 4) is 0 Å². The molecular weight excluding hydrogens is 387 g/mol. The van der Waals surface area contributed by atoms with Gasteiger partial charge in [-0.3, -0.25) is 9.59 Å². The number of alkyl halides is 3. The molecule has 1 aliphatic heterocycles. The Kier molecular flexibility index (Phi) is 6.13. The van der Waals surface area contributed by atoms with Gasteiger partial charge in [0.05, 0.1) is 16.9 Å². The van der Waals surface area contributed by atoms with Crippen LogP contribution in [-0.2, 0) is 15.8 Å². The van der Waals surface area contributed by atoms with Crippen LogP contribution in [0.2, 0.25) is 0 Å². The van der Waals surface area contributed by atoms with Crippen molar-refractivity contribution in [3.63, 3.8) is 0 Å². The number of nitrogens with zero attached hydrogens (tertiary/aromatic N) is 1. The van der Waals surface area contributed by atoms with Crippen molar-refractivity contribution >= 4 is 41.8 Å². The smallest absolute Gasteiger partial charge is 0.416 e. The first-order chi connectivity index (χ1) is 12.0. The molecule has 1 saturated heterocycles. The summed E-state index contributed by atoms with van der Waals surface area (Å²) in [6.45, 7) is 5.35. The van der Waals surface area contributed by atoms with E-state index in [9.17, 15) is 22.8 Å². The Morgan fingerprint density at radius 3 is 2.62 bits per heavy atom. The highest BCUT2D eigenvalue weighted by Crippen LogP contribution is 2.43. The topological polar surface area (TPSA) is 57.6 Å². The van der Waals surface area contributed by atoms with Crippen molar-refractivity contribution in [1.29, 1.82) is 0 Å². The Balaban J connectivity index is 2.48. The van der Waals surface area contributed by atoms with Crippen LogP contribution in [0.5, 0.6) is 0 Å². The lowest BCUT2D eigenvalue weighted by Crippen LogP contribution is -2.31. The van der Waals surface area contributed by atoms with Gasteiger partial charge in [0.1, 0.15) is 4.71 Å². The highest BCUT2D eigenvalue weighted by atomic mass is 32.2. The minimum Gasteiger partial charge on any atom is -0.481 e. The predicted molar refractivity (Wildman–Crippen MR) is 97.5 cm³/mol. The van der Waals surface area contributed by atoms with Gasteiger partial charge >= 0.3 is 12.1 Å². The molecule has 0 radical (unpaired) electrons. The van der Waals surface area contributed by atoms with E-state index < -0.39 is 28.3 Å². The Morgan fingerprint density at radius 1 is 1.42 bits per heavy atom. The maximum absolute atomic E-state index is 13.0. The first kappa shape index (κ1) is 20.4. The molecule has 0 spiro atoms. The monoisotopic (exact) mass is 403 g/mol. The Hall–Kier alpha value is -1.87. The third-order valence-electron chi connectivity index (χ3n) is 3.64. The number of aliphatic carboxylic acids is 1. The molecule has 140 valence electrons. The van der Waals surface area contributed by atoms with E-state index in [0.717, 1.165) is 23.9 Å². The van der Waals surface area contributed by atoms with Gasteiger partial charge < -0.3 is 10.0 Å². The van der Waals surface area contributed by atoms with Crippen molar-refractivity contribution in [2.45, 2.75) is 24.2 Å². The molecule has 26 heavy (non-hydrogen) atoms. The Labute approximate surface area is 158 Å². The summed E-state index contributed by atoms with van der Waals surface area (Å²) in [6.07, 6.45) is -4.75. The fourth-order valence-electron chi connectivity index (χ4n) is 2.47. The van der Waals surface area contributed by atoms with Crippen LogP contribution >= 0.6 is 24.4 Å². The van der Waals surface area contributed by atoms with Gasteiger partial charge in [-0.2, -0.15) is 13.2 Å². The number of amides is 1. The fourth-order valence-corrected chi connectivity index (χ4v) is 4.17. The molecule has 1 unspecified atom stereocenters. The van der Waals surface area contributed by atoms with Crippen LogP contribution in [0.15, 0.2) is 41.3 Å². The van der Waals surface area contributed by atoms with E-state index in [1.807, 2.05) is 0 Å². The number of hydrogen-bond acceptors (Lipinski definition) is 4. The quantitative estimate of drug-likeness (QED) is 0.570. The number of halogens is 3. The summed E-state index contributed by atoms with van der Waals surface area (Å²) in [5, 5.41) is 8.79. The van der Waals surface area contributed by atoms with Crippen molar-refractivity contribution < 1.29 is 27.9 Å². The molecular formula is C17H16F3NO3S2. The van der Waals surface area contributed by atoms with Gasteiger partial charge in [0.2, 0.25) is 0 Å². The van der Waals surface area contributed by atoms with E-state index in [1.54, 1.807) is 6.92 Å². The average molecular weight is 403 g/mol. The van der Waals surface area contributed by atoms with E-state index in [2.05, 4.69) is 19.2 Å². The van der Waals surface area contributed by atoms with Gasteiger partial charge in [0, 0.05) is 12.1 Å². The maximum Gasteiger partial charge on any atom is 0.416 e. The average Bonchev–Trinajstić information content (AvgIpc) is 2.79. The normalized spacial score (nSPS) is 19.7. The number of benzene rings is 1. The molecule has 0 saturated carbocycles. The molecule has 1 atom stereocenters. The molecule has 1 fully saturated rings. The number of allylic oxidation sites excluding steroid dienone is 2. The first-order valence-electron chi connectivity index (χ1n) is 7.47. The van der Waals surface area contributed by atoms with Crippen molar-refractivity contribution in [2.75, 3.05) is 6.54 Å². The van der Waals surface area contributed by atoms with Crippen LogP contribution in [0.4, 0.5) is 13.2 Å². The van der Waals surface area contributed by atoms with E-state index >= 15 is 0 Å². The summed E-state index contributed by atoms with van der Waals surface area (Å²) in [4.78, 5) is 24.9. The minimum absolute atomic E-state index is 0.0368. The maximum atomic E-state index is 13.0. The number of thiol groups is 1. The van der Waals surface area contributed by atoms with Gasteiger partial charge in [-0.25, -0.2) is 0 Å². The van der Waals surface area contributed by atoms with Crippen LogP contribution in [-0.4, -0.2) is 33.1 Å². The van der Waals surface area contributed by atoms with E-state index in [4.69, 9.17) is 5.11 Å². The van der Waals surface area contributed by atoms with Crippen LogP contribution < -0.4 is 0 Å². The fraction of sp³-hybridized carbons (Fsp3) is 0.294. The summed E-state index contributed by atoms with van der Waals surface area (Å²) < 4.78 is 38.4. The largest absolute Gasteiger partial charge is 0.481 e. The second kappa shape index (κ2) is 7.79. The second-order valence-corrected chi connectivity index (χ2v) is 7.58. The molecule has 0 bridgehead atoms. The number of carbonyl (C=O) groups is 2. The summed E-state index contributed by atoms with van der Waals surface area (Å²) in [7, 11) is 0. The zero-order valence-corrected chi connectivity index (χ0v) is 15.4. The molecule has 0 aliphatic carbocycles. The number of carboxylic acids is 1. The van der Waals surface area contributed by atoms with E-state index in [-0.39, 0.29) is 23.4 Å². The minimum atomic E-state index is -4.51. The van der Waals surface area contributed by atoms with E-state index in [0.29, 0.717) is 11.1 Å². The first-order valence-corrected chi connectivity index (χ1v) is 8.87. The molecule has 1 aromatic carbocycles. The van der Waals surface area contributed by atoms with Gasteiger partial charge in [0.15, 0.2) is 0 Å². The number of carbonyl (C=O) groups excluding carboxylic acids is 1. The molecule has 1 heterocycles. The zero-order chi connectivity index (χ0) is 19.6. The third-order valence-corrected chi connectivity index (χ3v) is 5.32. The Bertz CT molecular complexity index is 790. The van der Waals surface area contributed by atoms with Crippen LogP contribution in [0.3, 0.4) is 0 Å². The SMILES string of the molecule is C=C(C)/C(=C1/SC(S)N(CCC(=O)O)C1=O)c1cccc(C(F)(F)F)c1. The predicted octanol–water partition coefficient (Wildman–Crippen LogP) is 4.26. The number of rotatable bonds is 5. The molecule has 2 rings (SSSR count). The van der Waals surface area contributed by atoms with Gasteiger partial charge in [-0.15, -0.1) is 12.6 Å². The number of hydrogen-bond donors (Lipinski definition) is 2. The van der Waals surface area contributed by atoms with Crippen molar-refractivity contribution in [1.82, 2.24) is 4.90 Å². The highest BCUT2D eigenvalue weighted by molar-refractivity contribution is 8.14. The molecule has 1 N–H and O–H groups in total. The number of thioether (sulfide) groups is 1. The molecule has 1 aliphatic rings. The number of carboxylic acid groups (broad SMARTS) is 1. The lowest BCUT2D eigenvalue weighted by molar-refractivity contribution is -0.138. The van der Waals surface area contributed by atoms with E-state index in [1.165, 1.54) is 17.0 Å². The summed E-state index contributed by atoms with van der Waals surface area (Å²) in [5.41, 5.74) is 0.141. The van der Waals surface area contributed by atoms with Crippen LogP contribution in [0.1, 0.15) is 24.5 Å². The lowest BCUT2D eigenvalue weighted by atomic mass is 9.97. The second-order valence-electron chi connectivity index (χ2n) is 5.65. The molecule has 1 aromatic rings. The summed E-state index contributed by atoms with van der Waals surface area (Å²) in [5.74, 6) is -1.52. The third kappa shape index (κ3) is 4.45. The van der Waals surface area contributed by atoms with Gasteiger partial charge in [-0.1, -0.05) is 30.5 Å². The van der Waals surface area contributed by atoms with Crippen molar-refractivity contribution in [2.24, 2.45) is 0 Å².